The van der Waals surface area contributed by atoms with Crippen LogP contribution in [0.4, 0.5) is 18.9 Å². The van der Waals surface area contributed by atoms with Gasteiger partial charge in [0.1, 0.15) is 11.9 Å². The highest BCUT2D eigenvalue weighted by molar-refractivity contribution is 6.09. The van der Waals surface area contributed by atoms with Gasteiger partial charge in [-0.1, -0.05) is 12.1 Å². The van der Waals surface area contributed by atoms with Gasteiger partial charge < -0.3 is 5.32 Å². The number of aromatic nitrogens is 4. The second-order valence-electron chi connectivity index (χ2n) is 8.65. The van der Waals surface area contributed by atoms with Crippen LogP contribution in [0.3, 0.4) is 0 Å². The van der Waals surface area contributed by atoms with E-state index in [2.05, 4.69) is 20.7 Å². The molecule has 10 nitrogen and oxygen atoms in total. The number of fused-ring (bicyclic) bond motifs is 1. The Bertz CT molecular complexity index is 1670. The average molecular weight is 524 g/mol. The number of halogens is 3. The standard InChI is InChI=1S/C25H19F3N6O4/c1-13-29-16-6-3-7-17(21(16)24(38)34(13)18-8-9-20(35)31-23(18)37)30-22(36)14-4-2-5-15(12-14)33-11-10-19(32-33)25(26,27)28/h2-7,10-12,18H,8-9H2,1H3,(H,30,36)(H,31,35,37). The lowest BCUT2D eigenvalue weighted by Crippen LogP contribution is -2.45. The Kier molecular flexibility index (Phi) is 6.05. The Morgan fingerprint density at radius 3 is 2.58 bits per heavy atom. The van der Waals surface area contributed by atoms with Crippen molar-refractivity contribution in [3.05, 3.63) is 82.2 Å². The lowest BCUT2D eigenvalue weighted by Gasteiger charge is -2.24. The highest BCUT2D eigenvalue weighted by atomic mass is 19.4. The van der Waals surface area contributed by atoms with Crippen molar-refractivity contribution in [2.24, 2.45) is 0 Å². The van der Waals surface area contributed by atoms with Crippen LogP contribution in [-0.4, -0.2) is 37.1 Å². The highest BCUT2D eigenvalue weighted by Crippen LogP contribution is 2.28. The number of amides is 3. The van der Waals surface area contributed by atoms with Gasteiger partial charge in [-0.2, -0.15) is 18.3 Å². The van der Waals surface area contributed by atoms with Gasteiger partial charge in [0.05, 0.1) is 22.3 Å². The minimum absolute atomic E-state index is 0.0641. The second kappa shape index (κ2) is 9.25. The molecule has 13 heteroatoms. The van der Waals surface area contributed by atoms with Crippen LogP contribution < -0.4 is 16.2 Å². The fraction of sp³-hybridized carbons (Fsp3) is 0.200. The summed E-state index contributed by atoms with van der Waals surface area (Å²) in [6.45, 7) is 1.57. The molecule has 1 fully saturated rings. The van der Waals surface area contributed by atoms with Crippen molar-refractivity contribution in [1.29, 1.82) is 0 Å². The van der Waals surface area contributed by atoms with Crippen molar-refractivity contribution >= 4 is 34.3 Å². The first-order chi connectivity index (χ1) is 18.0. The summed E-state index contributed by atoms with van der Waals surface area (Å²) < 4.78 is 41.0. The van der Waals surface area contributed by atoms with E-state index in [1.165, 1.54) is 34.9 Å². The van der Waals surface area contributed by atoms with Gasteiger partial charge in [-0.25, -0.2) is 9.67 Å². The van der Waals surface area contributed by atoms with E-state index in [0.717, 1.165) is 16.9 Å². The molecule has 4 aromatic rings. The summed E-state index contributed by atoms with van der Waals surface area (Å²) in [6.07, 6.45) is -3.28. The van der Waals surface area contributed by atoms with Crippen molar-refractivity contribution in [3.8, 4) is 5.69 Å². The number of nitrogens with one attached hydrogen (secondary N) is 2. The maximum Gasteiger partial charge on any atom is 0.435 e. The molecule has 0 radical (unpaired) electrons. The van der Waals surface area contributed by atoms with E-state index >= 15 is 0 Å². The van der Waals surface area contributed by atoms with Crippen LogP contribution >= 0.6 is 0 Å². The van der Waals surface area contributed by atoms with E-state index < -0.39 is 41.2 Å². The number of anilines is 1. The number of hydrogen-bond acceptors (Lipinski definition) is 6. The molecule has 0 bridgehead atoms. The van der Waals surface area contributed by atoms with Crippen molar-refractivity contribution in [2.75, 3.05) is 5.32 Å². The molecule has 5 rings (SSSR count). The Hall–Kier alpha value is -4.81. The molecule has 1 atom stereocenters. The number of imide groups is 1. The lowest BCUT2D eigenvalue weighted by molar-refractivity contribution is -0.141. The first kappa shape index (κ1) is 24.9. The quantitative estimate of drug-likeness (QED) is 0.395. The maximum absolute atomic E-state index is 13.5. The van der Waals surface area contributed by atoms with Gasteiger partial charge >= 0.3 is 6.18 Å². The van der Waals surface area contributed by atoms with Gasteiger partial charge in [0.25, 0.3) is 11.5 Å². The number of benzene rings is 2. The van der Waals surface area contributed by atoms with E-state index in [4.69, 9.17) is 0 Å². The molecule has 1 saturated heterocycles. The molecule has 2 N–H and O–H groups in total. The molecule has 194 valence electrons. The number of piperidine rings is 1. The van der Waals surface area contributed by atoms with Crippen LogP contribution in [0, 0.1) is 6.92 Å². The SMILES string of the molecule is Cc1nc2cccc(NC(=O)c3cccc(-n4ccc(C(F)(F)F)n4)c3)c2c(=O)n1C1CCC(=O)NC1=O. The Balaban J connectivity index is 1.49. The van der Waals surface area contributed by atoms with Crippen LogP contribution in [0.2, 0.25) is 0 Å². The third-order valence-corrected chi connectivity index (χ3v) is 6.13. The Labute approximate surface area is 212 Å². The summed E-state index contributed by atoms with van der Waals surface area (Å²) >= 11 is 0. The van der Waals surface area contributed by atoms with E-state index in [9.17, 15) is 32.3 Å². The van der Waals surface area contributed by atoms with Gasteiger partial charge in [-0.3, -0.25) is 29.1 Å². The minimum Gasteiger partial charge on any atom is -0.321 e. The van der Waals surface area contributed by atoms with Crippen LogP contribution in [-0.2, 0) is 15.8 Å². The first-order valence-electron chi connectivity index (χ1n) is 11.4. The summed E-state index contributed by atoms with van der Waals surface area (Å²) in [4.78, 5) is 55.1. The molecule has 2 aromatic heterocycles. The molecule has 3 amide bonds. The number of alkyl halides is 3. The topological polar surface area (TPSA) is 128 Å². The highest BCUT2D eigenvalue weighted by Gasteiger charge is 2.34. The molecule has 1 aliphatic rings. The number of carbonyl (C=O) groups is 3. The monoisotopic (exact) mass is 524 g/mol. The second-order valence-corrected chi connectivity index (χ2v) is 8.65. The molecule has 0 spiro atoms. The first-order valence-corrected chi connectivity index (χ1v) is 11.4. The summed E-state index contributed by atoms with van der Waals surface area (Å²) in [5, 5.41) is 8.46. The van der Waals surface area contributed by atoms with E-state index in [1.54, 1.807) is 19.1 Å². The van der Waals surface area contributed by atoms with Gasteiger partial charge in [0.2, 0.25) is 11.8 Å². The van der Waals surface area contributed by atoms with Crippen LogP contribution in [0.5, 0.6) is 0 Å². The lowest BCUT2D eigenvalue weighted by atomic mass is 10.1. The van der Waals surface area contributed by atoms with E-state index in [0.29, 0.717) is 5.52 Å². The average Bonchev–Trinajstić information content (AvgIpc) is 3.36. The number of aryl methyl sites for hydroxylation is 1. The van der Waals surface area contributed by atoms with Crippen LogP contribution in [0.1, 0.15) is 40.8 Å². The summed E-state index contributed by atoms with van der Waals surface area (Å²) in [5.74, 6) is -1.40. The van der Waals surface area contributed by atoms with Gasteiger partial charge in [-0.15, -0.1) is 0 Å². The zero-order chi connectivity index (χ0) is 27.2. The molecular formula is C25H19F3N6O4. The Morgan fingerprint density at radius 1 is 1.11 bits per heavy atom. The molecule has 3 heterocycles. The van der Waals surface area contributed by atoms with Gasteiger partial charge in [-0.05, 0) is 49.7 Å². The van der Waals surface area contributed by atoms with Crippen molar-refractivity contribution in [2.45, 2.75) is 32.0 Å². The fourth-order valence-corrected chi connectivity index (χ4v) is 4.36. The van der Waals surface area contributed by atoms with Crippen molar-refractivity contribution in [1.82, 2.24) is 24.6 Å². The molecule has 1 unspecified atom stereocenters. The predicted molar refractivity (Wildman–Crippen MR) is 129 cm³/mol. The summed E-state index contributed by atoms with van der Waals surface area (Å²) in [6, 6.07) is 10.4. The number of rotatable bonds is 4. The molecule has 1 aliphatic heterocycles. The van der Waals surface area contributed by atoms with Gasteiger partial charge in [0.15, 0.2) is 5.69 Å². The number of carbonyl (C=O) groups excluding carboxylic acids is 3. The van der Waals surface area contributed by atoms with Crippen LogP contribution in [0.15, 0.2) is 59.5 Å². The smallest absolute Gasteiger partial charge is 0.321 e. The maximum atomic E-state index is 13.5. The van der Waals surface area contributed by atoms with Crippen LogP contribution in [0.25, 0.3) is 16.6 Å². The molecule has 0 saturated carbocycles. The third kappa shape index (κ3) is 4.53. The molecule has 2 aromatic carbocycles. The zero-order valence-corrected chi connectivity index (χ0v) is 19.7. The van der Waals surface area contributed by atoms with E-state index in [1.807, 2.05) is 0 Å². The molecule has 38 heavy (non-hydrogen) atoms. The van der Waals surface area contributed by atoms with Crippen molar-refractivity contribution in [3.63, 3.8) is 0 Å². The van der Waals surface area contributed by atoms with Crippen molar-refractivity contribution < 1.29 is 27.6 Å². The summed E-state index contributed by atoms with van der Waals surface area (Å²) in [7, 11) is 0. The Morgan fingerprint density at radius 2 is 1.87 bits per heavy atom. The largest absolute Gasteiger partial charge is 0.435 e. The normalized spacial score (nSPS) is 15.9. The zero-order valence-electron chi connectivity index (χ0n) is 19.7. The minimum atomic E-state index is -4.61. The van der Waals surface area contributed by atoms with Gasteiger partial charge in [0, 0.05) is 18.2 Å². The fourth-order valence-electron chi connectivity index (χ4n) is 4.36. The summed E-state index contributed by atoms with van der Waals surface area (Å²) in [5.41, 5.74) is -0.882. The number of nitrogens with zero attached hydrogens (tertiary/aromatic N) is 4. The molecule has 0 aliphatic carbocycles. The van der Waals surface area contributed by atoms with E-state index in [-0.39, 0.29) is 41.0 Å². The molecular weight excluding hydrogens is 505 g/mol. The third-order valence-electron chi connectivity index (χ3n) is 6.13. The number of hydrogen-bond donors (Lipinski definition) is 2. The predicted octanol–water partition coefficient (Wildman–Crippen LogP) is 3.14.